The molecule has 2 aromatic carbocycles. The van der Waals surface area contributed by atoms with Gasteiger partial charge in [0.25, 0.3) is 5.91 Å². The van der Waals surface area contributed by atoms with Crippen LogP contribution in [0.3, 0.4) is 0 Å². The minimum Gasteiger partial charge on any atom is -0.493 e. The van der Waals surface area contributed by atoms with Gasteiger partial charge in [-0.15, -0.1) is 11.8 Å². The van der Waals surface area contributed by atoms with Crippen LogP contribution in [0.5, 0.6) is 11.5 Å². The molecule has 122 valence electrons. The van der Waals surface area contributed by atoms with Gasteiger partial charge in [0.05, 0.1) is 14.2 Å². The van der Waals surface area contributed by atoms with Crippen LogP contribution in [-0.4, -0.2) is 32.9 Å². The van der Waals surface area contributed by atoms with Crippen molar-refractivity contribution in [3.05, 3.63) is 53.6 Å². The van der Waals surface area contributed by atoms with Gasteiger partial charge in [0.2, 0.25) is 0 Å². The van der Waals surface area contributed by atoms with Crippen LogP contribution in [0.1, 0.15) is 15.9 Å². The second kappa shape index (κ2) is 8.48. The summed E-state index contributed by atoms with van der Waals surface area (Å²) in [4.78, 5) is 13.2. The Bertz CT molecular complexity index is 656. The molecule has 1 amide bonds. The number of amides is 1. The number of ether oxygens (including phenoxy) is 2. The zero-order chi connectivity index (χ0) is 16.7. The fourth-order valence-electron chi connectivity index (χ4n) is 2.20. The molecule has 0 aliphatic rings. The van der Waals surface area contributed by atoms with Gasteiger partial charge in [0.1, 0.15) is 0 Å². The molecule has 0 aliphatic heterocycles. The molecule has 1 N–H and O–H groups in total. The average molecular weight is 331 g/mol. The van der Waals surface area contributed by atoms with Gasteiger partial charge in [-0.3, -0.25) is 4.79 Å². The van der Waals surface area contributed by atoms with Crippen LogP contribution in [0.25, 0.3) is 0 Å². The Morgan fingerprint density at radius 3 is 2.35 bits per heavy atom. The molecule has 0 saturated carbocycles. The molecule has 0 unspecified atom stereocenters. The number of hydrogen-bond donors (Lipinski definition) is 1. The maximum atomic E-state index is 12.1. The van der Waals surface area contributed by atoms with E-state index in [-0.39, 0.29) is 5.91 Å². The Morgan fingerprint density at radius 1 is 1.04 bits per heavy atom. The number of benzene rings is 2. The van der Waals surface area contributed by atoms with Crippen LogP contribution in [0.2, 0.25) is 0 Å². The van der Waals surface area contributed by atoms with Gasteiger partial charge in [-0.05, 0) is 54.6 Å². The maximum Gasteiger partial charge on any atom is 0.251 e. The van der Waals surface area contributed by atoms with Crippen LogP contribution < -0.4 is 14.8 Å². The highest BCUT2D eigenvalue weighted by Crippen LogP contribution is 2.27. The SMILES string of the molecule is COc1ccc(CCNC(=O)c2ccc(SC)cc2)cc1OC. The predicted molar refractivity (Wildman–Crippen MR) is 93.8 cm³/mol. The fourth-order valence-corrected chi connectivity index (χ4v) is 2.61. The fraction of sp³-hybridized carbons (Fsp3) is 0.278. The molecule has 0 heterocycles. The molecule has 0 aromatic heterocycles. The first kappa shape index (κ1) is 17.2. The summed E-state index contributed by atoms with van der Waals surface area (Å²) in [6, 6.07) is 13.4. The molecular formula is C18H21NO3S. The van der Waals surface area contributed by atoms with E-state index >= 15 is 0 Å². The van der Waals surface area contributed by atoms with Crippen molar-refractivity contribution in [3.63, 3.8) is 0 Å². The Kier molecular flexibility index (Phi) is 6.35. The number of carbonyl (C=O) groups is 1. The highest BCUT2D eigenvalue weighted by Gasteiger charge is 2.07. The lowest BCUT2D eigenvalue weighted by molar-refractivity contribution is 0.0954. The van der Waals surface area contributed by atoms with Crippen LogP contribution in [0, 0.1) is 0 Å². The third-order valence-electron chi connectivity index (χ3n) is 3.50. The van der Waals surface area contributed by atoms with E-state index in [2.05, 4.69) is 5.32 Å². The van der Waals surface area contributed by atoms with Gasteiger partial charge in [0, 0.05) is 17.0 Å². The first-order chi connectivity index (χ1) is 11.2. The van der Waals surface area contributed by atoms with E-state index in [1.807, 2.05) is 48.7 Å². The number of methoxy groups -OCH3 is 2. The summed E-state index contributed by atoms with van der Waals surface area (Å²) in [7, 11) is 3.22. The van der Waals surface area contributed by atoms with Crippen molar-refractivity contribution in [1.29, 1.82) is 0 Å². The lowest BCUT2D eigenvalue weighted by atomic mass is 10.1. The topological polar surface area (TPSA) is 47.6 Å². The normalized spacial score (nSPS) is 10.2. The summed E-state index contributed by atoms with van der Waals surface area (Å²) in [5.41, 5.74) is 1.76. The standard InChI is InChI=1S/C18H21NO3S/c1-21-16-9-4-13(12-17(16)22-2)10-11-19-18(20)14-5-7-15(23-3)8-6-14/h4-9,12H,10-11H2,1-3H3,(H,19,20). The summed E-state index contributed by atoms with van der Waals surface area (Å²) < 4.78 is 10.5. The minimum absolute atomic E-state index is 0.0573. The number of hydrogen-bond acceptors (Lipinski definition) is 4. The van der Waals surface area contributed by atoms with Crippen molar-refractivity contribution in [2.24, 2.45) is 0 Å². The first-order valence-electron chi connectivity index (χ1n) is 7.31. The lowest BCUT2D eigenvalue weighted by Crippen LogP contribution is -2.25. The third-order valence-corrected chi connectivity index (χ3v) is 4.24. The van der Waals surface area contributed by atoms with Crippen molar-refractivity contribution in [2.45, 2.75) is 11.3 Å². The molecule has 4 nitrogen and oxygen atoms in total. The summed E-state index contributed by atoms with van der Waals surface area (Å²) in [5, 5.41) is 2.93. The van der Waals surface area contributed by atoms with Crippen molar-refractivity contribution in [2.75, 3.05) is 27.0 Å². The molecular weight excluding hydrogens is 310 g/mol. The van der Waals surface area contributed by atoms with Gasteiger partial charge >= 0.3 is 0 Å². The quantitative estimate of drug-likeness (QED) is 0.790. The van der Waals surface area contributed by atoms with Gasteiger partial charge in [-0.1, -0.05) is 6.07 Å². The van der Waals surface area contributed by atoms with E-state index in [0.717, 1.165) is 16.9 Å². The molecule has 0 spiro atoms. The highest BCUT2D eigenvalue weighted by atomic mass is 32.2. The van der Waals surface area contributed by atoms with Crippen LogP contribution in [-0.2, 0) is 6.42 Å². The number of carbonyl (C=O) groups excluding carboxylic acids is 1. The zero-order valence-electron chi connectivity index (χ0n) is 13.6. The summed E-state index contributed by atoms with van der Waals surface area (Å²) in [6.07, 6.45) is 2.74. The van der Waals surface area contributed by atoms with E-state index in [9.17, 15) is 4.79 Å². The van der Waals surface area contributed by atoms with E-state index in [0.29, 0.717) is 23.6 Å². The third kappa shape index (κ3) is 4.66. The molecule has 0 saturated heterocycles. The number of nitrogens with one attached hydrogen (secondary N) is 1. The Morgan fingerprint density at radius 2 is 1.74 bits per heavy atom. The second-order valence-electron chi connectivity index (χ2n) is 4.92. The van der Waals surface area contributed by atoms with Crippen LogP contribution in [0.4, 0.5) is 0 Å². The minimum atomic E-state index is -0.0573. The van der Waals surface area contributed by atoms with Gasteiger partial charge < -0.3 is 14.8 Å². The molecule has 2 rings (SSSR count). The predicted octanol–water partition coefficient (Wildman–Crippen LogP) is 3.40. The Balaban J connectivity index is 1.90. The van der Waals surface area contributed by atoms with Gasteiger partial charge in [-0.25, -0.2) is 0 Å². The zero-order valence-corrected chi connectivity index (χ0v) is 14.4. The smallest absolute Gasteiger partial charge is 0.251 e. The van der Waals surface area contributed by atoms with Crippen molar-refractivity contribution < 1.29 is 14.3 Å². The Hall–Kier alpha value is -2.14. The van der Waals surface area contributed by atoms with Crippen molar-refractivity contribution >= 4 is 17.7 Å². The molecule has 2 aromatic rings. The molecule has 0 aliphatic carbocycles. The van der Waals surface area contributed by atoms with E-state index < -0.39 is 0 Å². The first-order valence-corrected chi connectivity index (χ1v) is 8.53. The molecule has 0 fully saturated rings. The van der Waals surface area contributed by atoms with Gasteiger partial charge in [-0.2, -0.15) is 0 Å². The van der Waals surface area contributed by atoms with Crippen molar-refractivity contribution in [1.82, 2.24) is 5.32 Å². The van der Waals surface area contributed by atoms with E-state index in [1.54, 1.807) is 26.0 Å². The molecule has 5 heteroatoms. The van der Waals surface area contributed by atoms with Crippen LogP contribution >= 0.6 is 11.8 Å². The molecule has 0 bridgehead atoms. The lowest BCUT2D eigenvalue weighted by Gasteiger charge is -2.10. The Labute approximate surface area is 141 Å². The highest BCUT2D eigenvalue weighted by molar-refractivity contribution is 7.98. The van der Waals surface area contributed by atoms with Gasteiger partial charge in [0.15, 0.2) is 11.5 Å². The molecule has 0 radical (unpaired) electrons. The summed E-state index contributed by atoms with van der Waals surface area (Å²) in [6.45, 7) is 0.568. The monoisotopic (exact) mass is 331 g/mol. The number of rotatable bonds is 7. The largest absolute Gasteiger partial charge is 0.493 e. The average Bonchev–Trinajstić information content (AvgIpc) is 2.61. The molecule has 0 atom stereocenters. The second-order valence-corrected chi connectivity index (χ2v) is 5.80. The summed E-state index contributed by atoms with van der Waals surface area (Å²) >= 11 is 1.66. The number of thioether (sulfide) groups is 1. The maximum absolute atomic E-state index is 12.1. The van der Waals surface area contributed by atoms with E-state index in [4.69, 9.17) is 9.47 Å². The summed E-state index contributed by atoms with van der Waals surface area (Å²) in [5.74, 6) is 1.34. The van der Waals surface area contributed by atoms with Crippen molar-refractivity contribution in [3.8, 4) is 11.5 Å². The van der Waals surface area contributed by atoms with Crippen LogP contribution in [0.15, 0.2) is 47.4 Å². The van der Waals surface area contributed by atoms with E-state index in [1.165, 1.54) is 0 Å². The molecule has 23 heavy (non-hydrogen) atoms.